The summed E-state index contributed by atoms with van der Waals surface area (Å²) in [5.41, 5.74) is 4.50. The minimum absolute atomic E-state index is 0.0418. The average Bonchev–Trinajstić information content (AvgIpc) is 3.45. The van der Waals surface area contributed by atoms with Gasteiger partial charge in [0.05, 0.1) is 0 Å². The van der Waals surface area contributed by atoms with E-state index < -0.39 is 4.33 Å². The Labute approximate surface area is 204 Å². The first-order valence-corrected chi connectivity index (χ1v) is 11.8. The van der Waals surface area contributed by atoms with Crippen LogP contribution < -0.4 is 9.47 Å². The van der Waals surface area contributed by atoms with Gasteiger partial charge in [-0.25, -0.2) is 0 Å². The third-order valence-electron chi connectivity index (χ3n) is 6.03. The van der Waals surface area contributed by atoms with Crippen LogP contribution in [-0.2, 0) is 13.2 Å². The second-order valence-electron chi connectivity index (χ2n) is 8.32. The van der Waals surface area contributed by atoms with Crippen LogP contribution in [0.15, 0.2) is 109 Å². The quantitative estimate of drug-likeness (QED) is 0.241. The maximum atomic E-state index is 6.71. The lowest BCUT2D eigenvalue weighted by molar-refractivity contribution is 0.306. The first-order chi connectivity index (χ1) is 16.1. The minimum Gasteiger partial charge on any atom is -0.489 e. The van der Waals surface area contributed by atoms with Gasteiger partial charge in [-0.15, -0.1) is 23.2 Å². The van der Waals surface area contributed by atoms with Crippen LogP contribution in [-0.4, -0.2) is 4.33 Å². The lowest BCUT2D eigenvalue weighted by atomic mass is 10.0. The van der Waals surface area contributed by atoms with E-state index >= 15 is 0 Å². The monoisotopic (exact) mass is 474 g/mol. The molecule has 0 saturated heterocycles. The van der Waals surface area contributed by atoms with Crippen molar-refractivity contribution in [3.05, 3.63) is 131 Å². The molecular weight excluding hydrogens is 451 g/mol. The first kappa shape index (κ1) is 21.9. The lowest BCUT2D eigenvalue weighted by Crippen LogP contribution is -1.95. The lowest BCUT2D eigenvalue weighted by Gasteiger charge is -2.08. The van der Waals surface area contributed by atoms with Crippen molar-refractivity contribution in [1.29, 1.82) is 0 Å². The molecule has 4 heteroatoms. The predicted octanol–water partition coefficient (Wildman–Crippen LogP) is 7.90. The molecule has 2 nitrogen and oxygen atoms in total. The largest absolute Gasteiger partial charge is 0.489 e. The van der Waals surface area contributed by atoms with Crippen molar-refractivity contribution in [2.45, 2.75) is 29.4 Å². The average molecular weight is 475 g/mol. The topological polar surface area (TPSA) is 18.5 Å². The van der Waals surface area contributed by atoms with Crippen LogP contribution in [0.3, 0.4) is 0 Å². The molecule has 166 valence electrons. The fourth-order valence-corrected chi connectivity index (χ4v) is 5.06. The predicted molar refractivity (Wildman–Crippen MR) is 134 cm³/mol. The van der Waals surface area contributed by atoms with E-state index in [0.717, 1.165) is 33.8 Å². The molecule has 0 radical (unpaired) electrons. The molecule has 2 unspecified atom stereocenters. The fraction of sp³-hybridized carbons (Fsp3) is 0.172. The Morgan fingerprint density at radius 2 is 0.879 bits per heavy atom. The van der Waals surface area contributed by atoms with Crippen LogP contribution in [0, 0.1) is 0 Å². The summed E-state index contributed by atoms with van der Waals surface area (Å²) >= 11 is 13.4. The zero-order valence-corrected chi connectivity index (χ0v) is 19.5. The Hall–Kier alpha value is -2.94. The highest BCUT2D eigenvalue weighted by atomic mass is 35.5. The van der Waals surface area contributed by atoms with Gasteiger partial charge in [-0.3, -0.25) is 0 Å². The molecule has 5 rings (SSSR count). The molecule has 33 heavy (non-hydrogen) atoms. The highest BCUT2D eigenvalue weighted by Crippen LogP contribution is 2.70. The van der Waals surface area contributed by atoms with Crippen LogP contribution in [0.25, 0.3) is 0 Å². The third kappa shape index (κ3) is 5.03. The van der Waals surface area contributed by atoms with Crippen LogP contribution in [0.5, 0.6) is 11.5 Å². The van der Waals surface area contributed by atoms with Crippen molar-refractivity contribution in [3.8, 4) is 11.5 Å². The molecule has 1 fully saturated rings. The molecule has 0 amide bonds. The zero-order chi connectivity index (χ0) is 22.7. The van der Waals surface area contributed by atoms with Gasteiger partial charge in [0.2, 0.25) is 0 Å². The maximum absolute atomic E-state index is 6.71. The van der Waals surface area contributed by atoms with Crippen LogP contribution >= 0.6 is 23.2 Å². The number of alkyl halides is 2. The molecule has 0 N–H and O–H groups in total. The normalized spacial score (nSPS) is 18.5. The van der Waals surface area contributed by atoms with Crippen LogP contribution in [0.4, 0.5) is 0 Å². The Kier molecular flexibility index (Phi) is 6.30. The molecule has 0 heterocycles. The summed E-state index contributed by atoms with van der Waals surface area (Å²) in [6.07, 6.45) is 0. The summed E-state index contributed by atoms with van der Waals surface area (Å²) in [4.78, 5) is 0. The van der Waals surface area contributed by atoms with Gasteiger partial charge in [-0.1, -0.05) is 84.9 Å². The van der Waals surface area contributed by atoms with Crippen molar-refractivity contribution in [2.75, 3.05) is 0 Å². The van der Waals surface area contributed by atoms with Gasteiger partial charge in [0.15, 0.2) is 0 Å². The van der Waals surface area contributed by atoms with E-state index in [-0.39, 0.29) is 11.8 Å². The second-order valence-corrected chi connectivity index (χ2v) is 9.76. The molecule has 1 saturated carbocycles. The van der Waals surface area contributed by atoms with Gasteiger partial charge >= 0.3 is 0 Å². The molecule has 1 aliphatic carbocycles. The first-order valence-electron chi connectivity index (χ1n) is 11.0. The van der Waals surface area contributed by atoms with Gasteiger partial charge in [-0.2, -0.15) is 0 Å². The van der Waals surface area contributed by atoms with Gasteiger partial charge in [0, 0.05) is 11.8 Å². The second kappa shape index (κ2) is 9.51. The van der Waals surface area contributed by atoms with Crippen molar-refractivity contribution >= 4 is 23.2 Å². The summed E-state index contributed by atoms with van der Waals surface area (Å²) in [5, 5.41) is 0. The molecule has 0 spiro atoms. The standard InChI is InChI=1S/C29H24Cl2O2/c30-29(31)27(23-11-15-25(16-12-23)32-19-21-7-3-1-4-8-21)28(29)24-13-17-26(18-14-24)33-20-22-9-5-2-6-10-22/h1-18,27-28H,19-20H2. The third-order valence-corrected chi connectivity index (χ3v) is 6.97. The Morgan fingerprint density at radius 1 is 0.515 bits per heavy atom. The summed E-state index contributed by atoms with van der Waals surface area (Å²) in [6.45, 7) is 1.08. The summed E-state index contributed by atoms with van der Waals surface area (Å²) in [7, 11) is 0. The molecule has 1 aliphatic rings. The molecule has 0 aliphatic heterocycles. The summed E-state index contributed by atoms with van der Waals surface area (Å²) in [6, 6.07) is 36.4. The Morgan fingerprint density at radius 3 is 1.24 bits per heavy atom. The molecule has 4 aromatic carbocycles. The Bertz CT molecular complexity index is 1080. The van der Waals surface area contributed by atoms with Gasteiger partial charge in [0.1, 0.15) is 29.0 Å². The molecule has 4 aromatic rings. The number of hydrogen-bond acceptors (Lipinski definition) is 2. The highest BCUT2D eigenvalue weighted by molar-refractivity contribution is 6.52. The summed E-state index contributed by atoms with van der Waals surface area (Å²) in [5.74, 6) is 1.74. The van der Waals surface area contributed by atoms with Gasteiger partial charge in [0.25, 0.3) is 0 Å². The van der Waals surface area contributed by atoms with E-state index in [0.29, 0.717) is 13.2 Å². The fourth-order valence-electron chi connectivity index (χ4n) is 4.18. The van der Waals surface area contributed by atoms with E-state index in [1.807, 2.05) is 60.7 Å². The van der Waals surface area contributed by atoms with Crippen LogP contribution in [0.2, 0.25) is 0 Å². The molecule has 0 bridgehead atoms. The van der Waals surface area contributed by atoms with Crippen LogP contribution in [0.1, 0.15) is 34.1 Å². The molecular formula is C29H24Cl2O2. The zero-order valence-electron chi connectivity index (χ0n) is 18.0. The number of rotatable bonds is 8. The van der Waals surface area contributed by atoms with Crippen molar-refractivity contribution < 1.29 is 9.47 Å². The van der Waals surface area contributed by atoms with Crippen molar-refractivity contribution in [2.24, 2.45) is 0 Å². The number of ether oxygens (including phenoxy) is 2. The maximum Gasteiger partial charge on any atom is 0.133 e. The SMILES string of the molecule is ClC1(Cl)C(c2ccc(OCc3ccccc3)cc2)C1c1ccc(OCc2ccccc2)cc1. The minimum atomic E-state index is -0.821. The number of benzene rings is 4. The van der Waals surface area contributed by atoms with E-state index in [2.05, 4.69) is 48.5 Å². The molecule has 2 atom stereocenters. The smallest absolute Gasteiger partial charge is 0.133 e. The summed E-state index contributed by atoms with van der Waals surface area (Å²) < 4.78 is 11.0. The van der Waals surface area contributed by atoms with Crippen molar-refractivity contribution in [1.82, 2.24) is 0 Å². The molecule has 0 aromatic heterocycles. The van der Waals surface area contributed by atoms with E-state index in [1.54, 1.807) is 0 Å². The number of hydrogen-bond donors (Lipinski definition) is 0. The highest BCUT2D eigenvalue weighted by Gasteiger charge is 2.64. The van der Waals surface area contributed by atoms with E-state index in [1.165, 1.54) is 0 Å². The van der Waals surface area contributed by atoms with E-state index in [4.69, 9.17) is 32.7 Å². The van der Waals surface area contributed by atoms with E-state index in [9.17, 15) is 0 Å². The number of halogens is 2. The Balaban J connectivity index is 1.21. The van der Waals surface area contributed by atoms with Gasteiger partial charge < -0.3 is 9.47 Å². The van der Waals surface area contributed by atoms with Crippen molar-refractivity contribution in [3.63, 3.8) is 0 Å². The van der Waals surface area contributed by atoms with Gasteiger partial charge in [-0.05, 0) is 46.5 Å².